The van der Waals surface area contributed by atoms with E-state index in [4.69, 9.17) is 0 Å². The van der Waals surface area contributed by atoms with Gasteiger partial charge in [-0.25, -0.2) is 4.39 Å². The second-order valence-corrected chi connectivity index (χ2v) is 2.27. The molecule has 10 heavy (non-hydrogen) atoms. The Labute approximate surface area is 57.5 Å². The molecule has 0 atom stereocenters. The molecule has 4 heteroatoms. The van der Waals surface area contributed by atoms with Gasteiger partial charge in [0.1, 0.15) is 0 Å². The normalized spacial score (nSPS) is 12.9. The van der Waals surface area contributed by atoms with Crippen LogP contribution in [-0.4, -0.2) is 11.8 Å². The molecule has 1 nitrogen and oxygen atoms in total. The molecule has 0 aromatic rings. The van der Waals surface area contributed by atoms with Crippen molar-refractivity contribution in [2.75, 3.05) is 0 Å². The van der Waals surface area contributed by atoms with Gasteiger partial charge < -0.3 is 4.74 Å². The highest BCUT2D eigenvalue weighted by molar-refractivity contribution is 4.78. The summed E-state index contributed by atoms with van der Waals surface area (Å²) in [6.07, 6.45) is -3.28. The van der Waals surface area contributed by atoms with Crippen LogP contribution in [0.25, 0.3) is 0 Å². The maximum atomic E-state index is 12.4. The first-order valence-electron chi connectivity index (χ1n) is 2.67. The summed E-state index contributed by atoms with van der Waals surface area (Å²) in [4.78, 5) is 0. The zero-order valence-corrected chi connectivity index (χ0v) is 5.83. The Morgan fingerprint density at radius 3 is 1.80 bits per heavy atom. The van der Waals surface area contributed by atoms with Crippen molar-refractivity contribution in [3.63, 3.8) is 0 Å². The molecule has 0 spiro atoms. The lowest BCUT2D eigenvalue weighted by molar-refractivity contribution is -0.274. The molecular weight excluding hydrogens is 145 g/mol. The van der Waals surface area contributed by atoms with Crippen molar-refractivity contribution in [1.29, 1.82) is 0 Å². The van der Waals surface area contributed by atoms with Crippen LogP contribution in [-0.2, 0) is 4.74 Å². The maximum Gasteiger partial charge on any atom is 0.431 e. The fourth-order valence-corrected chi connectivity index (χ4v) is 0.245. The number of alkyl halides is 3. The monoisotopic (exact) mass is 154 g/mol. The van der Waals surface area contributed by atoms with Gasteiger partial charge in [0.2, 0.25) is 5.67 Å². The van der Waals surface area contributed by atoms with Crippen molar-refractivity contribution in [3.05, 3.63) is 12.8 Å². The minimum Gasteiger partial charge on any atom is -0.439 e. The summed E-state index contributed by atoms with van der Waals surface area (Å²) in [5.41, 5.74) is -2.68. The van der Waals surface area contributed by atoms with Crippen molar-refractivity contribution in [2.45, 2.75) is 25.6 Å². The van der Waals surface area contributed by atoms with Gasteiger partial charge >= 0.3 is 6.11 Å². The Kier molecular flexibility index (Phi) is 2.35. The quantitative estimate of drug-likeness (QED) is 0.567. The van der Waals surface area contributed by atoms with Crippen molar-refractivity contribution in [3.8, 4) is 0 Å². The molecular formula is C6H9F3O. The third-order valence-corrected chi connectivity index (χ3v) is 0.923. The van der Waals surface area contributed by atoms with E-state index in [-0.39, 0.29) is 0 Å². The highest BCUT2D eigenvalue weighted by atomic mass is 19.3. The van der Waals surface area contributed by atoms with Crippen molar-refractivity contribution in [2.24, 2.45) is 0 Å². The number of hydrogen-bond acceptors (Lipinski definition) is 1. The van der Waals surface area contributed by atoms with Crippen LogP contribution in [0.1, 0.15) is 13.8 Å². The Balaban J connectivity index is 4.23. The Hall–Kier alpha value is -0.670. The Morgan fingerprint density at radius 2 is 1.70 bits per heavy atom. The van der Waals surface area contributed by atoms with Gasteiger partial charge in [-0.05, 0) is 13.8 Å². The number of rotatable bonds is 3. The molecule has 0 aliphatic heterocycles. The van der Waals surface area contributed by atoms with E-state index in [1.165, 1.54) is 0 Å². The van der Waals surface area contributed by atoms with Gasteiger partial charge in [-0.1, -0.05) is 6.58 Å². The lowest BCUT2D eigenvalue weighted by Gasteiger charge is -2.24. The summed E-state index contributed by atoms with van der Waals surface area (Å²) in [6, 6.07) is 0. The van der Waals surface area contributed by atoms with Gasteiger partial charge in [0, 0.05) is 0 Å². The van der Waals surface area contributed by atoms with Crippen molar-refractivity contribution >= 4 is 0 Å². The lowest BCUT2D eigenvalue weighted by atomic mass is 10.1. The third kappa shape index (κ3) is 1.93. The summed E-state index contributed by atoms with van der Waals surface area (Å²) in [7, 11) is 0. The molecule has 0 heterocycles. The number of hydrogen-bond donors (Lipinski definition) is 0. The zero-order valence-electron chi connectivity index (χ0n) is 5.83. The van der Waals surface area contributed by atoms with E-state index in [1.807, 2.05) is 0 Å². The van der Waals surface area contributed by atoms with Crippen LogP contribution in [0, 0.1) is 0 Å². The Morgan fingerprint density at radius 1 is 1.30 bits per heavy atom. The predicted molar refractivity (Wildman–Crippen MR) is 31.4 cm³/mol. The fourth-order valence-electron chi connectivity index (χ4n) is 0.245. The molecule has 0 saturated heterocycles. The second kappa shape index (κ2) is 2.52. The van der Waals surface area contributed by atoms with E-state index in [0.717, 1.165) is 13.8 Å². The van der Waals surface area contributed by atoms with E-state index < -0.39 is 11.8 Å². The third-order valence-electron chi connectivity index (χ3n) is 0.923. The maximum absolute atomic E-state index is 12.4. The highest BCUT2D eigenvalue weighted by Crippen LogP contribution is 2.32. The second-order valence-electron chi connectivity index (χ2n) is 2.27. The Bertz CT molecular complexity index is 125. The van der Waals surface area contributed by atoms with E-state index in [1.54, 1.807) is 0 Å². The minimum absolute atomic E-state index is 0.515. The SMILES string of the molecule is C=COC(F)(F)C(C)(C)F. The molecule has 0 aromatic heterocycles. The fraction of sp³-hybridized carbons (Fsp3) is 0.667. The largest absolute Gasteiger partial charge is 0.439 e. The van der Waals surface area contributed by atoms with Gasteiger partial charge in [-0.3, -0.25) is 0 Å². The van der Waals surface area contributed by atoms with E-state index >= 15 is 0 Å². The first kappa shape index (κ1) is 9.33. The van der Waals surface area contributed by atoms with Crippen LogP contribution in [0.3, 0.4) is 0 Å². The van der Waals surface area contributed by atoms with E-state index in [0.29, 0.717) is 6.26 Å². The molecule has 0 radical (unpaired) electrons. The number of ether oxygens (including phenoxy) is 1. The first-order valence-corrected chi connectivity index (χ1v) is 2.67. The average Bonchev–Trinajstić information content (AvgIpc) is 1.61. The van der Waals surface area contributed by atoms with E-state index in [2.05, 4.69) is 11.3 Å². The van der Waals surface area contributed by atoms with Gasteiger partial charge in [0.15, 0.2) is 0 Å². The smallest absolute Gasteiger partial charge is 0.431 e. The van der Waals surface area contributed by atoms with Gasteiger partial charge in [-0.15, -0.1) is 0 Å². The van der Waals surface area contributed by atoms with Gasteiger partial charge in [-0.2, -0.15) is 8.78 Å². The minimum atomic E-state index is -3.80. The summed E-state index contributed by atoms with van der Waals surface area (Å²) >= 11 is 0. The van der Waals surface area contributed by atoms with E-state index in [9.17, 15) is 13.2 Å². The van der Waals surface area contributed by atoms with Crippen LogP contribution < -0.4 is 0 Å². The molecule has 60 valence electrons. The molecule has 0 saturated carbocycles. The van der Waals surface area contributed by atoms with Crippen molar-refractivity contribution < 1.29 is 17.9 Å². The zero-order chi connectivity index (χ0) is 8.41. The molecule has 0 aliphatic rings. The predicted octanol–water partition coefficient (Wildman–Crippen LogP) is 2.49. The van der Waals surface area contributed by atoms with Crippen LogP contribution in [0.2, 0.25) is 0 Å². The van der Waals surface area contributed by atoms with Gasteiger partial charge in [0.05, 0.1) is 6.26 Å². The molecule has 0 aromatic carbocycles. The molecule has 0 N–H and O–H groups in total. The average molecular weight is 154 g/mol. The standard InChI is InChI=1S/C6H9F3O/c1-4-10-6(8,9)5(2,3)7/h4H,1H2,2-3H3. The highest BCUT2D eigenvalue weighted by Gasteiger charge is 2.49. The van der Waals surface area contributed by atoms with Crippen LogP contribution in [0.5, 0.6) is 0 Å². The summed E-state index contributed by atoms with van der Waals surface area (Å²) in [5, 5.41) is 0. The van der Waals surface area contributed by atoms with Crippen LogP contribution >= 0.6 is 0 Å². The summed E-state index contributed by atoms with van der Waals surface area (Å²) in [5.74, 6) is 0. The van der Waals surface area contributed by atoms with Crippen LogP contribution in [0.4, 0.5) is 13.2 Å². The molecule has 0 amide bonds. The van der Waals surface area contributed by atoms with Crippen LogP contribution in [0.15, 0.2) is 12.8 Å². The topological polar surface area (TPSA) is 9.23 Å². The molecule has 0 aliphatic carbocycles. The number of halogens is 3. The molecule has 0 rings (SSSR count). The van der Waals surface area contributed by atoms with Crippen molar-refractivity contribution in [1.82, 2.24) is 0 Å². The molecule has 0 fully saturated rings. The van der Waals surface area contributed by atoms with Gasteiger partial charge in [0.25, 0.3) is 0 Å². The lowest BCUT2D eigenvalue weighted by Crippen LogP contribution is -2.39. The molecule has 0 bridgehead atoms. The summed E-state index contributed by atoms with van der Waals surface area (Å²) in [6.45, 7) is 4.36. The summed E-state index contributed by atoms with van der Waals surface area (Å²) < 4.78 is 40.6. The first-order chi connectivity index (χ1) is 4.31. The molecule has 0 unspecified atom stereocenters.